The minimum absolute atomic E-state index is 0.215. The molecular weight excluding hydrogens is 341 g/mol. The first-order valence-electron chi connectivity index (χ1n) is 6.47. The van der Waals surface area contributed by atoms with E-state index in [-0.39, 0.29) is 11.7 Å². The average molecular weight is 357 g/mol. The number of rotatable bonds is 5. The average Bonchev–Trinajstić information content (AvgIpc) is 2.43. The van der Waals surface area contributed by atoms with E-state index >= 15 is 0 Å². The summed E-state index contributed by atoms with van der Waals surface area (Å²) in [5.74, 6) is -0.0430. The molecule has 20 heavy (non-hydrogen) atoms. The molecule has 0 aliphatic heterocycles. The second kappa shape index (κ2) is 7.21. The van der Waals surface area contributed by atoms with Gasteiger partial charge in [0.25, 0.3) is 0 Å². The first-order valence-corrected chi connectivity index (χ1v) is 7.64. The maximum absolute atomic E-state index is 13.8. The molecule has 0 aliphatic rings. The molecule has 1 nitrogen and oxygen atoms in total. The van der Waals surface area contributed by atoms with Crippen LogP contribution in [0, 0.1) is 11.7 Å². The third-order valence-electron chi connectivity index (χ3n) is 3.29. The van der Waals surface area contributed by atoms with Gasteiger partial charge in [-0.25, -0.2) is 4.39 Å². The molecule has 0 bridgehead atoms. The molecule has 1 atom stereocenters. The molecule has 2 N–H and O–H groups in total. The van der Waals surface area contributed by atoms with Gasteiger partial charge in [-0.05, 0) is 60.7 Å². The minimum atomic E-state index is -0.258. The molecule has 0 heterocycles. The van der Waals surface area contributed by atoms with Gasteiger partial charge in [0.2, 0.25) is 0 Å². The number of hydrogen-bond donors (Lipinski definition) is 1. The molecule has 0 aliphatic carbocycles. The Bertz CT molecular complexity index is 571. The molecule has 2 aromatic rings. The van der Waals surface area contributed by atoms with Gasteiger partial charge in [-0.2, -0.15) is 0 Å². The standard InChI is InChI=1S/C16H16BrClFN/c17-14-4-1-11(2-5-14)7-12(10-20)8-13-3-6-15(18)9-16(13)19/h1-6,9,12H,7-8,10,20H2. The number of nitrogens with two attached hydrogens (primary N) is 1. The van der Waals surface area contributed by atoms with Gasteiger partial charge in [0.05, 0.1) is 0 Å². The Hall–Kier alpha value is -0.900. The summed E-state index contributed by atoms with van der Waals surface area (Å²) in [5, 5.41) is 0.420. The van der Waals surface area contributed by atoms with E-state index in [1.807, 2.05) is 12.1 Å². The molecule has 0 saturated heterocycles. The fourth-order valence-corrected chi connectivity index (χ4v) is 2.61. The van der Waals surface area contributed by atoms with Crippen molar-refractivity contribution in [2.24, 2.45) is 11.7 Å². The van der Waals surface area contributed by atoms with Crippen LogP contribution >= 0.6 is 27.5 Å². The maximum atomic E-state index is 13.8. The van der Waals surface area contributed by atoms with Gasteiger partial charge in [-0.1, -0.05) is 45.7 Å². The zero-order chi connectivity index (χ0) is 14.5. The molecule has 0 amide bonds. The second-order valence-electron chi connectivity index (χ2n) is 4.87. The van der Waals surface area contributed by atoms with Crippen LogP contribution in [0.4, 0.5) is 4.39 Å². The van der Waals surface area contributed by atoms with Crippen molar-refractivity contribution in [2.75, 3.05) is 6.54 Å². The van der Waals surface area contributed by atoms with Crippen molar-refractivity contribution < 1.29 is 4.39 Å². The van der Waals surface area contributed by atoms with E-state index < -0.39 is 0 Å². The van der Waals surface area contributed by atoms with Gasteiger partial charge in [-0.15, -0.1) is 0 Å². The van der Waals surface area contributed by atoms with Gasteiger partial charge >= 0.3 is 0 Å². The van der Waals surface area contributed by atoms with Crippen LogP contribution in [0.1, 0.15) is 11.1 Å². The van der Waals surface area contributed by atoms with E-state index in [0.29, 0.717) is 23.6 Å². The summed E-state index contributed by atoms with van der Waals surface area (Å²) in [7, 11) is 0. The molecule has 106 valence electrons. The summed E-state index contributed by atoms with van der Waals surface area (Å²) in [6.45, 7) is 0.526. The van der Waals surface area contributed by atoms with Crippen molar-refractivity contribution in [2.45, 2.75) is 12.8 Å². The summed E-state index contributed by atoms with van der Waals surface area (Å²) in [6, 6.07) is 12.9. The summed E-state index contributed by atoms with van der Waals surface area (Å²) < 4.78 is 14.9. The van der Waals surface area contributed by atoms with E-state index in [0.717, 1.165) is 10.9 Å². The summed E-state index contributed by atoms with van der Waals surface area (Å²) in [5.41, 5.74) is 7.70. The van der Waals surface area contributed by atoms with Gasteiger partial charge in [0.15, 0.2) is 0 Å². The van der Waals surface area contributed by atoms with Gasteiger partial charge in [-0.3, -0.25) is 0 Å². The van der Waals surface area contributed by atoms with Crippen LogP contribution < -0.4 is 5.73 Å². The van der Waals surface area contributed by atoms with Crippen LogP contribution in [0.2, 0.25) is 5.02 Å². The van der Waals surface area contributed by atoms with E-state index in [4.69, 9.17) is 17.3 Å². The first-order chi connectivity index (χ1) is 9.58. The van der Waals surface area contributed by atoms with Crippen LogP contribution in [0.5, 0.6) is 0 Å². The Balaban J connectivity index is 2.07. The van der Waals surface area contributed by atoms with Crippen molar-refractivity contribution in [3.05, 3.63) is 68.9 Å². The third-order valence-corrected chi connectivity index (χ3v) is 4.06. The van der Waals surface area contributed by atoms with Crippen molar-refractivity contribution in [1.29, 1.82) is 0 Å². The fourth-order valence-electron chi connectivity index (χ4n) is 2.19. The largest absolute Gasteiger partial charge is 0.330 e. The Morgan fingerprint density at radius 3 is 2.40 bits per heavy atom. The van der Waals surface area contributed by atoms with Crippen molar-refractivity contribution in [3.8, 4) is 0 Å². The number of benzene rings is 2. The van der Waals surface area contributed by atoms with E-state index in [9.17, 15) is 4.39 Å². The Kier molecular flexibility index (Phi) is 5.58. The van der Waals surface area contributed by atoms with E-state index in [2.05, 4.69) is 28.1 Å². The normalized spacial score (nSPS) is 12.4. The van der Waals surface area contributed by atoms with Crippen LogP contribution in [0.15, 0.2) is 46.9 Å². The van der Waals surface area contributed by atoms with Crippen molar-refractivity contribution >= 4 is 27.5 Å². The highest BCUT2D eigenvalue weighted by atomic mass is 79.9. The SMILES string of the molecule is NCC(Cc1ccc(Br)cc1)Cc1ccc(Cl)cc1F. The molecule has 0 saturated carbocycles. The van der Waals surface area contributed by atoms with Crippen LogP contribution in [-0.4, -0.2) is 6.54 Å². The fraction of sp³-hybridized carbons (Fsp3) is 0.250. The Morgan fingerprint density at radius 1 is 1.10 bits per heavy atom. The number of hydrogen-bond acceptors (Lipinski definition) is 1. The van der Waals surface area contributed by atoms with Gasteiger partial charge in [0.1, 0.15) is 5.82 Å². The Morgan fingerprint density at radius 2 is 1.80 bits per heavy atom. The predicted octanol–water partition coefficient (Wildman–Crippen LogP) is 4.60. The lowest BCUT2D eigenvalue weighted by Crippen LogP contribution is -2.19. The summed E-state index contributed by atoms with van der Waals surface area (Å²) in [4.78, 5) is 0. The highest BCUT2D eigenvalue weighted by molar-refractivity contribution is 9.10. The van der Waals surface area contributed by atoms with Crippen molar-refractivity contribution in [3.63, 3.8) is 0 Å². The molecule has 0 aromatic heterocycles. The molecule has 1 unspecified atom stereocenters. The minimum Gasteiger partial charge on any atom is -0.330 e. The third kappa shape index (κ3) is 4.30. The topological polar surface area (TPSA) is 26.0 Å². The lowest BCUT2D eigenvalue weighted by molar-refractivity contribution is 0.512. The maximum Gasteiger partial charge on any atom is 0.127 e. The predicted molar refractivity (Wildman–Crippen MR) is 85.5 cm³/mol. The highest BCUT2D eigenvalue weighted by Gasteiger charge is 2.12. The van der Waals surface area contributed by atoms with Crippen molar-refractivity contribution in [1.82, 2.24) is 0 Å². The van der Waals surface area contributed by atoms with Crippen LogP contribution in [0.25, 0.3) is 0 Å². The zero-order valence-corrected chi connectivity index (χ0v) is 13.3. The highest BCUT2D eigenvalue weighted by Crippen LogP contribution is 2.20. The molecule has 2 rings (SSSR count). The zero-order valence-electron chi connectivity index (χ0n) is 11.0. The molecule has 4 heteroatoms. The summed E-state index contributed by atoms with van der Waals surface area (Å²) in [6.07, 6.45) is 1.46. The summed E-state index contributed by atoms with van der Waals surface area (Å²) >= 11 is 9.17. The molecule has 0 fully saturated rings. The van der Waals surface area contributed by atoms with Gasteiger partial charge in [0, 0.05) is 9.50 Å². The van der Waals surface area contributed by atoms with E-state index in [1.165, 1.54) is 11.6 Å². The van der Waals surface area contributed by atoms with Gasteiger partial charge < -0.3 is 5.73 Å². The number of halogens is 3. The second-order valence-corrected chi connectivity index (χ2v) is 6.22. The van der Waals surface area contributed by atoms with Crippen LogP contribution in [0.3, 0.4) is 0 Å². The smallest absolute Gasteiger partial charge is 0.127 e. The molecule has 0 spiro atoms. The Labute approximate surface area is 132 Å². The lowest BCUT2D eigenvalue weighted by atomic mass is 9.92. The van der Waals surface area contributed by atoms with E-state index in [1.54, 1.807) is 12.1 Å². The molecule has 2 aromatic carbocycles. The molecular formula is C16H16BrClFN. The van der Waals surface area contributed by atoms with Crippen LogP contribution in [-0.2, 0) is 12.8 Å². The first kappa shape index (κ1) is 15.5. The lowest BCUT2D eigenvalue weighted by Gasteiger charge is -2.15. The monoisotopic (exact) mass is 355 g/mol. The quantitative estimate of drug-likeness (QED) is 0.832. The molecule has 0 radical (unpaired) electrons.